The van der Waals surface area contributed by atoms with Crippen LogP contribution in [0, 0.1) is 5.92 Å². The van der Waals surface area contributed by atoms with Gasteiger partial charge < -0.3 is 14.6 Å². The van der Waals surface area contributed by atoms with Gasteiger partial charge in [0, 0.05) is 12.0 Å². The van der Waals surface area contributed by atoms with E-state index < -0.39 is 17.4 Å². The molecule has 0 aliphatic heterocycles. The summed E-state index contributed by atoms with van der Waals surface area (Å²) in [5.74, 6) is -1.95. The molecule has 0 radical (unpaired) electrons. The molecule has 20 heavy (non-hydrogen) atoms. The molecule has 1 aliphatic carbocycles. The lowest BCUT2D eigenvalue weighted by atomic mass is 9.66. The average molecular weight is 278 g/mol. The molecule has 108 valence electrons. The molecule has 1 heterocycles. The van der Waals surface area contributed by atoms with Crippen LogP contribution in [0.5, 0.6) is 0 Å². The molecule has 2 rings (SSSR count). The molecule has 0 saturated carbocycles. The van der Waals surface area contributed by atoms with Crippen LogP contribution in [0.1, 0.15) is 38.9 Å². The Labute approximate surface area is 116 Å². The first-order valence-electron chi connectivity index (χ1n) is 6.45. The predicted molar refractivity (Wildman–Crippen MR) is 71.2 cm³/mol. The van der Waals surface area contributed by atoms with E-state index in [1.54, 1.807) is 12.1 Å². The van der Waals surface area contributed by atoms with E-state index >= 15 is 0 Å². The van der Waals surface area contributed by atoms with Crippen molar-refractivity contribution in [2.45, 2.75) is 38.7 Å². The number of Topliss-reactive ketones (excluding diaryl/α,β-unsaturated/α-hetero) is 2. The monoisotopic (exact) mass is 278 g/mol. The van der Waals surface area contributed by atoms with E-state index in [4.69, 9.17) is 4.42 Å². The summed E-state index contributed by atoms with van der Waals surface area (Å²) in [7, 11) is 0. The fourth-order valence-corrected chi connectivity index (χ4v) is 3.12. The Morgan fingerprint density at radius 1 is 1.40 bits per heavy atom. The first kappa shape index (κ1) is 14.5. The third-order valence-corrected chi connectivity index (χ3v) is 3.82. The highest BCUT2D eigenvalue weighted by Gasteiger charge is 2.50. The van der Waals surface area contributed by atoms with E-state index in [-0.39, 0.29) is 29.3 Å². The molecule has 0 unspecified atom stereocenters. The van der Waals surface area contributed by atoms with E-state index in [1.165, 1.54) is 27.0 Å². The highest BCUT2D eigenvalue weighted by atomic mass is 16.3. The fraction of sp³-hybridized carbons (Fsp3) is 0.467. The van der Waals surface area contributed by atoms with Crippen molar-refractivity contribution in [2.24, 2.45) is 5.92 Å². The first-order valence-corrected chi connectivity index (χ1v) is 6.45. The van der Waals surface area contributed by atoms with Crippen molar-refractivity contribution in [3.05, 3.63) is 35.5 Å². The fourth-order valence-electron chi connectivity index (χ4n) is 3.12. The molecular formula is C15H18O5. The van der Waals surface area contributed by atoms with Crippen molar-refractivity contribution in [3.8, 4) is 0 Å². The van der Waals surface area contributed by atoms with Crippen molar-refractivity contribution in [1.29, 1.82) is 0 Å². The third kappa shape index (κ3) is 2.29. The molecule has 1 aromatic heterocycles. The minimum atomic E-state index is -1.42. The van der Waals surface area contributed by atoms with Crippen LogP contribution >= 0.6 is 0 Å². The Kier molecular flexibility index (Phi) is 3.56. The summed E-state index contributed by atoms with van der Waals surface area (Å²) in [5.41, 5.74) is -1.28. The van der Waals surface area contributed by atoms with Gasteiger partial charge in [0.1, 0.15) is 17.3 Å². The lowest BCUT2D eigenvalue weighted by Crippen LogP contribution is -2.47. The number of hydrogen-bond donors (Lipinski definition) is 2. The average Bonchev–Trinajstić information content (AvgIpc) is 2.77. The van der Waals surface area contributed by atoms with Crippen molar-refractivity contribution in [1.82, 2.24) is 0 Å². The maximum Gasteiger partial charge on any atom is 0.159 e. The van der Waals surface area contributed by atoms with Crippen LogP contribution in [-0.4, -0.2) is 27.4 Å². The number of furan rings is 1. The van der Waals surface area contributed by atoms with E-state index in [9.17, 15) is 19.8 Å². The molecule has 3 atom stereocenters. The summed E-state index contributed by atoms with van der Waals surface area (Å²) in [6.45, 7) is 4.19. The molecule has 0 amide bonds. The number of rotatable bonds is 3. The summed E-state index contributed by atoms with van der Waals surface area (Å²) >= 11 is 0. The summed E-state index contributed by atoms with van der Waals surface area (Å²) < 4.78 is 5.31. The molecule has 1 aliphatic rings. The smallest absolute Gasteiger partial charge is 0.159 e. The second-order valence-electron chi connectivity index (χ2n) is 5.53. The van der Waals surface area contributed by atoms with Crippen molar-refractivity contribution in [3.63, 3.8) is 0 Å². The number of carbonyl (C=O) groups is 2. The maximum absolute atomic E-state index is 12.0. The van der Waals surface area contributed by atoms with Gasteiger partial charge >= 0.3 is 0 Å². The molecular weight excluding hydrogens is 260 g/mol. The largest absolute Gasteiger partial charge is 0.512 e. The van der Waals surface area contributed by atoms with Gasteiger partial charge in [-0.05, 0) is 32.9 Å². The van der Waals surface area contributed by atoms with Gasteiger partial charge in [0.25, 0.3) is 0 Å². The van der Waals surface area contributed by atoms with E-state index in [0.717, 1.165) is 0 Å². The Morgan fingerprint density at radius 2 is 2.05 bits per heavy atom. The number of hydrogen-bond acceptors (Lipinski definition) is 5. The molecule has 1 aromatic rings. The maximum atomic E-state index is 12.0. The molecule has 0 saturated heterocycles. The SMILES string of the molecule is CC(=O)C1=C(O)C[C@](C)(O)[C@@H](C(C)=O)[C@@H]1c1ccco1. The van der Waals surface area contributed by atoms with Crippen molar-refractivity contribution < 1.29 is 24.2 Å². The van der Waals surface area contributed by atoms with Crippen LogP contribution < -0.4 is 0 Å². The number of aliphatic hydroxyl groups is 2. The van der Waals surface area contributed by atoms with Crippen LogP contribution in [0.4, 0.5) is 0 Å². The van der Waals surface area contributed by atoms with Gasteiger partial charge in [-0.3, -0.25) is 9.59 Å². The lowest BCUT2D eigenvalue weighted by molar-refractivity contribution is -0.132. The minimum Gasteiger partial charge on any atom is -0.512 e. The highest BCUT2D eigenvalue weighted by molar-refractivity contribution is 5.97. The van der Waals surface area contributed by atoms with Crippen LogP contribution in [-0.2, 0) is 9.59 Å². The summed E-state index contributed by atoms with van der Waals surface area (Å²) in [4.78, 5) is 23.8. The molecule has 0 fully saturated rings. The van der Waals surface area contributed by atoms with Crippen LogP contribution in [0.25, 0.3) is 0 Å². The summed E-state index contributed by atoms with van der Waals surface area (Å²) in [5, 5.41) is 20.6. The number of aliphatic hydroxyl groups excluding tert-OH is 1. The van der Waals surface area contributed by atoms with Crippen molar-refractivity contribution >= 4 is 11.6 Å². The normalized spacial score (nSPS) is 30.4. The number of carbonyl (C=O) groups excluding carboxylic acids is 2. The molecule has 5 heteroatoms. The Morgan fingerprint density at radius 3 is 2.50 bits per heavy atom. The molecule has 0 aromatic carbocycles. The second-order valence-corrected chi connectivity index (χ2v) is 5.53. The van der Waals surface area contributed by atoms with Gasteiger partial charge in [-0.2, -0.15) is 0 Å². The third-order valence-electron chi connectivity index (χ3n) is 3.82. The second kappa shape index (κ2) is 4.90. The topological polar surface area (TPSA) is 87.7 Å². The van der Waals surface area contributed by atoms with Gasteiger partial charge in [-0.25, -0.2) is 0 Å². The summed E-state index contributed by atoms with van der Waals surface area (Å²) in [6, 6.07) is 3.28. The Balaban J connectivity index is 2.66. The molecule has 0 bridgehead atoms. The standard InChI is InChI=1S/C15H18O5/c1-8(16)12-10(18)7-15(3,19)14(9(2)17)13(12)11-5-4-6-20-11/h4-6,13-14,18-19H,7H2,1-3H3/t13-,14+,15+/m1/s1. The van der Waals surface area contributed by atoms with Gasteiger partial charge in [-0.1, -0.05) is 0 Å². The van der Waals surface area contributed by atoms with Gasteiger partial charge in [0.05, 0.1) is 23.7 Å². The zero-order valence-electron chi connectivity index (χ0n) is 11.7. The van der Waals surface area contributed by atoms with E-state index in [2.05, 4.69) is 0 Å². The highest BCUT2D eigenvalue weighted by Crippen LogP contribution is 2.46. The van der Waals surface area contributed by atoms with Gasteiger partial charge in [0.15, 0.2) is 5.78 Å². The van der Waals surface area contributed by atoms with Crippen LogP contribution in [0.15, 0.2) is 34.1 Å². The lowest BCUT2D eigenvalue weighted by Gasteiger charge is -2.40. The number of ketones is 2. The molecule has 2 N–H and O–H groups in total. The Hall–Kier alpha value is -1.88. The van der Waals surface area contributed by atoms with Gasteiger partial charge in [-0.15, -0.1) is 0 Å². The van der Waals surface area contributed by atoms with Crippen LogP contribution in [0.3, 0.4) is 0 Å². The van der Waals surface area contributed by atoms with E-state index in [1.807, 2.05) is 0 Å². The molecule has 0 spiro atoms. The quantitative estimate of drug-likeness (QED) is 0.884. The van der Waals surface area contributed by atoms with Crippen molar-refractivity contribution in [2.75, 3.05) is 0 Å². The summed E-state index contributed by atoms with van der Waals surface area (Å²) in [6.07, 6.45) is 1.31. The van der Waals surface area contributed by atoms with Gasteiger partial charge in [0.2, 0.25) is 0 Å². The first-order chi connectivity index (χ1) is 9.25. The Bertz CT molecular complexity index is 565. The predicted octanol–water partition coefficient (Wildman–Crippen LogP) is 2.12. The zero-order chi connectivity index (χ0) is 15.1. The van der Waals surface area contributed by atoms with Crippen LogP contribution in [0.2, 0.25) is 0 Å². The molecule has 5 nitrogen and oxygen atoms in total. The number of allylic oxidation sites excluding steroid dienone is 1. The van der Waals surface area contributed by atoms with E-state index in [0.29, 0.717) is 5.76 Å². The minimum absolute atomic E-state index is 0.122. The zero-order valence-corrected chi connectivity index (χ0v) is 11.7.